The molecule has 0 spiro atoms. The van der Waals surface area contributed by atoms with E-state index in [4.69, 9.17) is 0 Å². The molecule has 0 heterocycles. The number of phenols is 1. The summed E-state index contributed by atoms with van der Waals surface area (Å²) >= 11 is 0. The van der Waals surface area contributed by atoms with Gasteiger partial charge in [-0.05, 0) is 18.6 Å². The highest BCUT2D eigenvalue weighted by atomic mass is 16.3. The molecule has 0 unspecified atom stereocenters. The summed E-state index contributed by atoms with van der Waals surface area (Å²) in [5.74, 6) is -0.406. The predicted octanol–water partition coefficient (Wildman–Crippen LogP) is 1.47. The summed E-state index contributed by atoms with van der Waals surface area (Å²) in [4.78, 5) is 21.5. The van der Waals surface area contributed by atoms with Gasteiger partial charge < -0.3 is 10.4 Å². The van der Waals surface area contributed by atoms with Gasteiger partial charge >= 0.3 is 0 Å². The van der Waals surface area contributed by atoms with E-state index in [0.717, 1.165) is 5.56 Å². The Labute approximate surface area is 81.6 Å². The van der Waals surface area contributed by atoms with E-state index in [0.29, 0.717) is 12.0 Å². The molecule has 1 aromatic rings. The van der Waals surface area contributed by atoms with Crippen molar-refractivity contribution in [3.05, 3.63) is 23.3 Å². The number of carbonyl (C=O) groups is 2. The Morgan fingerprint density at radius 3 is 2.64 bits per heavy atom. The molecule has 0 aliphatic heterocycles. The van der Waals surface area contributed by atoms with Crippen LogP contribution in [0.2, 0.25) is 0 Å². The van der Waals surface area contributed by atoms with E-state index in [1.807, 2.05) is 0 Å². The smallest absolute Gasteiger partial charge is 0.221 e. The number of rotatable bonds is 2. The minimum Gasteiger partial charge on any atom is -0.507 e. The molecule has 4 heteroatoms. The Hall–Kier alpha value is -1.84. The Balaban J connectivity index is 3.29. The third-order valence-electron chi connectivity index (χ3n) is 1.85. The van der Waals surface area contributed by atoms with Gasteiger partial charge in [-0.3, -0.25) is 9.59 Å². The van der Waals surface area contributed by atoms with Crippen LogP contribution in [0, 0.1) is 6.92 Å². The Kier molecular flexibility index (Phi) is 2.86. The van der Waals surface area contributed by atoms with Gasteiger partial charge in [0.1, 0.15) is 5.75 Å². The first-order valence-corrected chi connectivity index (χ1v) is 4.11. The molecule has 74 valence electrons. The lowest BCUT2D eigenvalue weighted by atomic mass is 10.1. The lowest BCUT2D eigenvalue weighted by Crippen LogP contribution is -2.09. The molecule has 0 atom stereocenters. The van der Waals surface area contributed by atoms with E-state index >= 15 is 0 Å². The van der Waals surface area contributed by atoms with E-state index in [-0.39, 0.29) is 17.2 Å². The van der Waals surface area contributed by atoms with E-state index < -0.39 is 0 Å². The molecule has 2 N–H and O–H groups in total. The fourth-order valence-corrected chi connectivity index (χ4v) is 1.18. The molecule has 1 rings (SSSR count). The van der Waals surface area contributed by atoms with Crippen LogP contribution >= 0.6 is 0 Å². The number of benzene rings is 1. The molecule has 0 radical (unpaired) electrons. The Morgan fingerprint density at radius 2 is 2.14 bits per heavy atom. The van der Waals surface area contributed by atoms with Crippen molar-refractivity contribution >= 4 is 17.9 Å². The van der Waals surface area contributed by atoms with Crippen molar-refractivity contribution in [1.82, 2.24) is 0 Å². The van der Waals surface area contributed by atoms with Gasteiger partial charge in [0.25, 0.3) is 0 Å². The van der Waals surface area contributed by atoms with Crippen molar-refractivity contribution in [3.63, 3.8) is 0 Å². The standard InChI is InChI=1S/C10H11NO3/c1-6-3-4-9(14)8(5-12)10(6)11-7(2)13/h3-5,14H,1-2H3,(H,11,13). The molecule has 4 nitrogen and oxygen atoms in total. The summed E-state index contributed by atoms with van der Waals surface area (Å²) in [6, 6.07) is 3.05. The Morgan fingerprint density at radius 1 is 1.50 bits per heavy atom. The summed E-state index contributed by atoms with van der Waals surface area (Å²) in [6.07, 6.45) is 0.521. The molecule has 1 aromatic carbocycles. The van der Waals surface area contributed by atoms with E-state index in [1.165, 1.54) is 13.0 Å². The van der Waals surface area contributed by atoms with Gasteiger partial charge in [-0.15, -0.1) is 0 Å². The quantitative estimate of drug-likeness (QED) is 0.699. The average Bonchev–Trinajstić information content (AvgIpc) is 2.11. The van der Waals surface area contributed by atoms with Crippen LogP contribution in [0.25, 0.3) is 0 Å². The first kappa shape index (κ1) is 10.2. The third kappa shape index (κ3) is 1.90. The fraction of sp³-hybridized carbons (Fsp3) is 0.200. The van der Waals surface area contributed by atoms with Gasteiger partial charge in [-0.25, -0.2) is 0 Å². The number of carbonyl (C=O) groups excluding carboxylic acids is 2. The van der Waals surface area contributed by atoms with Gasteiger partial charge in [0.05, 0.1) is 11.3 Å². The second kappa shape index (κ2) is 3.91. The number of aromatic hydroxyl groups is 1. The van der Waals surface area contributed by atoms with Crippen molar-refractivity contribution in [2.75, 3.05) is 5.32 Å². The van der Waals surface area contributed by atoms with Crippen molar-refractivity contribution in [2.45, 2.75) is 13.8 Å². The monoisotopic (exact) mass is 193 g/mol. The molecule has 0 saturated carbocycles. The van der Waals surface area contributed by atoms with Gasteiger partial charge in [-0.1, -0.05) is 6.07 Å². The summed E-state index contributed by atoms with van der Waals surface area (Å²) in [7, 11) is 0. The zero-order valence-corrected chi connectivity index (χ0v) is 8.00. The topological polar surface area (TPSA) is 66.4 Å². The van der Waals surface area contributed by atoms with Crippen LogP contribution < -0.4 is 5.32 Å². The maximum absolute atomic E-state index is 10.8. The van der Waals surface area contributed by atoms with Crippen LogP contribution in [-0.2, 0) is 4.79 Å². The van der Waals surface area contributed by atoms with Gasteiger partial charge in [0.15, 0.2) is 6.29 Å². The van der Waals surface area contributed by atoms with E-state index in [1.54, 1.807) is 13.0 Å². The molecular formula is C10H11NO3. The molecule has 0 aliphatic rings. The maximum Gasteiger partial charge on any atom is 0.221 e. The van der Waals surface area contributed by atoms with Crippen molar-refractivity contribution in [2.24, 2.45) is 0 Å². The van der Waals surface area contributed by atoms with Crippen molar-refractivity contribution < 1.29 is 14.7 Å². The van der Waals surface area contributed by atoms with Gasteiger partial charge in [0, 0.05) is 6.92 Å². The normalized spacial score (nSPS) is 9.57. The maximum atomic E-state index is 10.8. The minimum atomic E-state index is -0.276. The number of nitrogens with one attached hydrogen (secondary N) is 1. The first-order valence-electron chi connectivity index (χ1n) is 4.11. The molecule has 0 bridgehead atoms. The van der Waals surface area contributed by atoms with E-state index in [9.17, 15) is 14.7 Å². The zero-order chi connectivity index (χ0) is 10.7. The van der Waals surface area contributed by atoms with Crippen LogP contribution in [0.1, 0.15) is 22.8 Å². The van der Waals surface area contributed by atoms with Crippen LogP contribution in [0.15, 0.2) is 12.1 Å². The third-order valence-corrected chi connectivity index (χ3v) is 1.85. The number of amides is 1. The largest absolute Gasteiger partial charge is 0.507 e. The summed E-state index contributed by atoms with van der Waals surface area (Å²) in [6.45, 7) is 3.09. The summed E-state index contributed by atoms with van der Waals surface area (Å²) < 4.78 is 0. The average molecular weight is 193 g/mol. The number of hydrogen-bond donors (Lipinski definition) is 2. The molecular weight excluding hydrogens is 182 g/mol. The highest BCUT2D eigenvalue weighted by molar-refractivity contribution is 5.98. The molecule has 0 aliphatic carbocycles. The summed E-state index contributed by atoms with van der Waals surface area (Å²) in [5, 5.41) is 11.8. The van der Waals surface area contributed by atoms with Crippen molar-refractivity contribution in [3.8, 4) is 5.75 Å². The lowest BCUT2D eigenvalue weighted by molar-refractivity contribution is -0.114. The number of anilines is 1. The molecule has 0 fully saturated rings. The fourth-order valence-electron chi connectivity index (χ4n) is 1.18. The van der Waals surface area contributed by atoms with Crippen LogP contribution in [0.3, 0.4) is 0 Å². The number of hydrogen-bond acceptors (Lipinski definition) is 3. The Bertz CT molecular complexity index is 385. The van der Waals surface area contributed by atoms with Crippen molar-refractivity contribution in [1.29, 1.82) is 0 Å². The van der Waals surface area contributed by atoms with Crippen LogP contribution in [0.4, 0.5) is 5.69 Å². The van der Waals surface area contributed by atoms with E-state index in [2.05, 4.69) is 5.32 Å². The second-order valence-corrected chi connectivity index (χ2v) is 2.99. The highest BCUT2D eigenvalue weighted by Gasteiger charge is 2.10. The van der Waals surface area contributed by atoms with Crippen LogP contribution in [0.5, 0.6) is 5.75 Å². The highest BCUT2D eigenvalue weighted by Crippen LogP contribution is 2.27. The SMILES string of the molecule is CC(=O)Nc1c(C)ccc(O)c1C=O. The molecule has 14 heavy (non-hydrogen) atoms. The summed E-state index contributed by atoms with van der Waals surface area (Å²) in [5.41, 5.74) is 1.22. The van der Waals surface area contributed by atoms with Crippen LogP contribution in [-0.4, -0.2) is 17.3 Å². The van der Waals surface area contributed by atoms with Gasteiger partial charge in [0.2, 0.25) is 5.91 Å². The predicted molar refractivity (Wildman–Crippen MR) is 52.5 cm³/mol. The minimum absolute atomic E-state index is 0.111. The number of aryl methyl sites for hydroxylation is 1. The second-order valence-electron chi connectivity index (χ2n) is 2.99. The zero-order valence-electron chi connectivity index (χ0n) is 8.00. The van der Waals surface area contributed by atoms with Gasteiger partial charge in [-0.2, -0.15) is 0 Å². The lowest BCUT2D eigenvalue weighted by Gasteiger charge is -2.10. The molecule has 0 saturated heterocycles. The number of aldehydes is 1. The molecule has 1 amide bonds. The number of phenolic OH excluding ortho intramolecular Hbond substituents is 1. The molecule has 0 aromatic heterocycles. The first-order chi connectivity index (χ1) is 6.56.